The van der Waals surface area contributed by atoms with E-state index in [1.165, 1.54) is 48.5 Å². The Balaban J connectivity index is 2.17. The SMILES string of the molecule is C[C@@H](OC(=O)c1cccc(S(C)(=O)=O)c1)c1ccc(F)cc1. The van der Waals surface area contributed by atoms with Gasteiger partial charge in [-0.25, -0.2) is 17.6 Å². The number of hydrogen-bond acceptors (Lipinski definition) is 4. The first-order valence-electron chi connectivity index (χ1n) is 6.54. The molecule has 2 aromatic carbocycles. The third-order valence-corrected chi connectivity index (χ3v) is 4.23. The molecule has 22 heavy (non-hydrogen) atoms. The van der Waals surface area contributed by atoms with Crippen molar-refractivity contribution >= 4 is 15.8 Å². The van der Waals surface area contributed by atoms with Gasteiger partial charge in [-0.3, -0.25) is 0 Å². The maximum Gasteiger partial charge on any atom is 0.338 e. The largest absolute Gasteiger partial charge is 0.454 e. The average Bonchev–Trinajstić information content (AvgIpc) is 2.47. The summed E-state index contributed by atoms with van der Waals surface area (Å²) in [5.41, 5.74) is 0.797. The van der Waals surface area contributed by atoms with Crippen molar-refractivity contribution in [2.24, 2.45) is 0 Å². The van der Waals surface area contributed by atoms with Gasteiger partial charge in [-0.05, 0) is 42.8 Å². The highest BCUT2D eigenvalue weighted by molar-refractivity contribution is 7.90. The van der Waals surface area contributed by atoms with Crippen LogP contribution in [0.1, 0.15) is 28.9 Å². The third kappa shape index (κ3) is 3.92. The molecular formula is C16H15FO4S. The Kier molecular flexibility index (Phi) is 4.61. The van der Waals surface area contributed by atoms with Crippen LogP contribution in [0.2, 0.25) is 0 Å². The van der Waals surface area contributed by atoms with Gasteiger partial charge in [-0.2, -0.15) is 0 Å². The minimum Gasteiger partial charge on any atom is -0.454 e. The van der Waals surface area contributed by atoms with E-state index in [1.54, 1.807) is 6.92 Å². The van der Waals surface area contributed by atoms with E-state index in [2.05, 4.69) is 0 Å². The van der Waals surface area contributed by atoms with E-state index in [9.17, 15) is 17.6 Å². The molecule has 0 aliphatic rings. The van der Waals surface area contributed by atoms with E-state index in [0.29, 0.717) is 5.56 Å². The summed E-state index contributed by atoms with van der Waals surface area (Å²) in [6.07, 6.45) is 0.494. The highest BCUT2D eigenvalue weighted by Crippen LogP contribution is 2.20. The van der Waals surface area contributed by atoms with E-state index < -0.39 is 21.9 Å². The summed E-state index contributed by atoms with van der Waals surface area (Å²) in [6.45, 7) is 1.66. The molecule has 1 atom stereocenters. The van der Waals surface area contributed by atoms with Crippen LogP contribution in [0, 0.1) is 5.82 Å². The standard InChI is InChI=1S/C16H15FO4S/c1-11(12-6-8-14(17)9-7-12)21-16(18)13-4-3-5-15(10-13)22(2,19)20/h3-11H,1-2H3/t11-/m1/s1. The molecule has 0 N–H and O–H groups in total. The lowest BCUT2D eigenvalue weighted by molar-refractivity contribution is 0.0337. The van der Waals surface area contributed by atoms with Gasteiger partial charge in [0.1, 0.15) is 11.9 Å². The summed E-state index contributed by atoms with van der Waals surface area (Å²) in [4.78, 5) is 12.1. The van der Waals surface area contributed by atoms with Gasteiger partial charge in [0.05, 0.1) is 10.5 Å². The average molecular weight is 322 g/mol. The quantitative estimate of drug-likeness (QED) is 0.811. The number of sulfone groups is 1. The van der Waals surface area contributed by atoms with Gasteiger partial charge < -0.3 is 4.74 Å². The maximum absolute atomic E-state index is 12.9. The number of halogens is 1. The van der Waals surface area contributed by atoms with Crippen LogP contribution in [0.5, 0.6) is 0 Å². The van der Waals surface area contributed by atoms with Crippen LogP contribution in [0.4, 0.5) is 4.39 Å². The lowest BCUT2D eigenvalue weighted by atomic mass is 10.1. The summed E-state index contributed by atoms with van der Waals surface area (Å²) in [6, 6.07) is 11.3. The van der Waals surface area contributed by atoms with Crippen LogP contribution in [0.15, 0.2) is 53.4 Å². The molecule has 0 aliphatic heterocycles. The highest BCUT2D eigenvalue weighted by Gasteiger charge is 2.16. The lowest BCUT2D eigenvalue weighted by Crippen LogP contribution is -2.10. The first-order chi connectivity index (χ1) is 10.3. The van der Waals surface area contributed by atoms with Crippen molar-refractivity contribution < 1.29 is 22.3 Å². The van der Waals surface area contributed by atoms with Crippen molar-refractivity contribution in [3.8, 4) is 0 Å². The second-order valence-corrected chi connectivity index (χ2v) is 6.91. The van der Waals surface area contributed by atoms with Crippen LogP contribution in [0.25, 0.3) is 0 Å². The molecule has 0 spiro atoms. The Morgan fingerprint density at radius 3 is 2.36 bits per heavy atom. The van der Waals surface area contributed by atoms with Gasteiger partial charge in [0.25, 0.3) is 0 Å². The van der Waals surface area contributed by atoms with Gasteiger partial charge in [0, 0.05) is 6.26 Å². The zero-order valence-corrected chi connectivity index (χ0v) is 12.9. The molecule has 2 rings (SSSR count). The summed E-state index contributed by atoms with van der Waals surface area (Å²) < 4.78 is 41.1. The van der Waals surface area contributed by atoms with Gasteiger partial charge in [-0.15, -0.1) is 0 Å². The fraction of sp³-hybridized carbons (Fsp3) is 0.188. The monoisotopic (exact) mass is 322 g/mol. The molecule has 0 heterocycles. The second kappa shape index (κ2) is 6.27. The molecule has 6 heteroatoms. The van der Waals surface area contributed by atoms with Crippen molar-refractivity contribution in [3.05, 3.63) is 65.5 Å². The zero-order chi connectivity index (χ0) is 16.3. The van der Waals surface area contributed by atoms with Gasteiger partial charge in [0.15, 0.2) is 9.84 Å². The third-order valence-electron chi connectivity index (χ3n) is 3.12. The molecule has 2 aromatic rings. The number of ether oxygens (including phenoxy) is 1. The number of carbonyl (C=O) groups is 1. The van der Waals surface area contributed by atoms with Gasteiger partial charge in [0.2, 0.25) is 0 Å². The van der Waals surface area contributed by atoms with Crippen molar-refractivity contribution in [3.63, 3.8) is 0 Å². The van der Waals surface area contributed by atoms with E-state index in [4.69, 9.17) is 4.74 Å². The number of hydrogen-bond donors (Lipinski definition) is 0. The number of carbonyl (C=O) groups excluding carboxylic acids is 1. The number of benzene rings is 2. The predicted molar refractivity (Wildman–Crippen MR) is 79.8 cm³/mol. The fourth-order valence-corrected chi connectivity index (χ4v) is 2.55. The minimum absolute atomic E-state index is 0.0522. The fourth-order valence-electron chi connectivity index (χ4n) is 1.88. The second-order valence-electron chi connectivity index (χ2n) is 4.90. The van der Waals surface area contributed by atoms with E-state index >= 15 is 0 Å². The van der Waals surface area contributed by atoms with Crippen LogP contribution in [-0.2, 0) is 14.6 Å². The molecule has 0 aromatic heterocycles. The van der Waals surface area contributed by atoms with Crippen LogP contribution >= 0.6 is 0 Å². The summed E-state index contributed by atoms with van der Waals surface area (Å²) in [7, 11) is -3.39. The minimum atomic E-state index is -3.39. The van der Waals surface area contributed by atoms with Crippen molar-refractivity contribution in [1.82, 2.24) is 0 Å². The van der Waals surface area contributed by atoms with Gasteiger partial charge >= 0.3 is 5.97 Å². The molecule has 0 bridgehead atoms. The topological polar surface area (TPSA) is 60.4 Å². The molecule has 0 aliphatic carbocycles. The van der Waals surface area contributed by atoms with Crippen molar-refractivity contribution in [1.29, 1.82) is 0 Å². The van der Waals surface area contributed by atoms with Crippen molar-refractivity contribution in [2.75, 3.05) is 6.26 Å². The Morgan fingerprint density at radius 2 is 1.77 bits per heavy atom. The first kappa shape index (κ1) is 16.2. The highest BCUT2D eigenvalue weighted by atomic mass is 32.2. The Morgan fingerprint density at radius 1 is 1.14 bits per heavy atom. The Bertz CT molecular complexity index is 782. The molecular weight excluding hydrogens is 307 g/mol. The Labute approximate surface area is 128 Å². The molecule has 0 fully saturated rings. The summed E-state index contributed by atoms with van der Waals surface area (Å²) >= 11 is 0. The van der Waals surface area contributed by atoms with E-state index in [-0.39, 0.29) is 16.3 Å². The molecule has 116 valence electrons. The maximum atomic E-state index is 12.9. The van der Waals surface area contributed by atoms with E-state index in [0.717, 1.165) is 6.26 Å². The van der Waals surface area contributed by atoms with Crippen LogP contribution in [-0.4, -0.2) is 20.6 Å². The zero-order valence-electron chi connectivity index (χ0n) is 12.1. The summed E-state index contributed by atoms with van der Waals surface area (Å²) in [5.74, 6) is -1.01. The summed E-state index contributed by atoms with van der Waals surface area (Å²) in [5, 5.41) is 0. The van der Waals surface area contributed by atoms with Gasteiger partial charge in [-0.1, -0.05) is 18.2 Å². The lowest BCUT2D eigenvalue weighted by Gasteiger charge is -2.14. The number of esters is 1. The number of rotatable bonds is 4. The molecule has 0 saturated carbocycles. The van der Waals surface area contributed by atoms with Crippen LogP contribution in [0.3, 0.4) is 0 Å². The Hall–Kier alpha value is -2.21. The van der Waals surface area contributed by atoms with Crippen LogP contribution < -0.4 is 0 Å². The predicted octanol–water partition coefficient (Wildman–Crippen LogP) is 3.15. The normalized spacial score (nSPS) is 12.7. The molecule has 0 radical (unpaired) electrons. The van der Waals surface area contributed by atoms with Crippen molar-refractivity contribution in [2.45, 2.75) is 17.9 Å². The molecule has 4 nitrogen and oxygen atoms in total. The molecule has 0 amide bonds. The van der Waals surface area contributed by atoms with E-state index in [1.807, 2.05) is 0 Å². The molecule has 0 saturated heterocycles. The molecule has 0 unspecified atom stereocenters. The smallest absolute Gasteiger partial charge is 0.338 e. The first-order valence-corrected chi connectivity index (χ1v) is 8.43.